The lowest BCUT2D eigenvalue weighted by atomic mass is 10.1. The predicted molar refractivity (Wildman–Crippen MR) is 93.4 cm³/mol. The molecule has 1 atom stereocenters. The number of halogens is 1. The topological polar surface area (TPSA) is 67.4 Å². The first kappa shape index (κ1) is 16.7. The van der Waals surface area contributed by atoms with Crippen LogP contribution < -0.4 is 15.6 Å². The summed E-state index contributed by atoms with van der Waals surface area (Å²) in [6.07, 6.45) is 0.646. The first-order valence-corrected chi connectivity index (χ1v) is 8.52. The minimum atomic E-state index is -0.461. The molecule has 0 spiro atoms. The summed E-state index contributed by atoms with van der Waals surface area (Å²) < 4.78 is 5.13. The molecule has 7 heteroatoms. The Morgan fingerprint density at radius 2 is 2.00 bits per heavy atom. The molecule has 3 rings (SSSR count). The molecule has 2 N–H and O–H groups in total. The van der Waals surface area contributed by atoms with Gasteiger partial charge < -0.3 is 4.74 Å². The molecule has 0 fully saturated rings. The van der Waals surface area contributed by atoms with Crippen LogP contribution in [0, 0.1) is 0 Å². The minimum absolute atomic E-state index is 0.238. The van der Waals surface area contributed by atoms with Crippen molar-refractivity contribution in [2.75, 3.05) is 7.11 Å². The summed E-state index contributed by atoms with van der Waals surface area (Å²) in [5.74, 6) is -0.355. The highest BCUT2D eigenvalue weighted by atomic mass is 35.5. The number of methoxy groups -OCH3 is 1. The molecule has 0 aromatic heterocycles. The van der Waals surface area contributed by atoms with Crippen molar-refractivity contribution in [1.82, 2.24) is 10.9 Å². The van der Waals surface area contributed by atoms with E-state index in [1.54, 1.807) is 18.2 Å². The van der Waals surface area contributed by atoms with Gasteiger partial charge in [0.15, 0.2) is 0 Å². The fourth-order valence-corrected chi connectivity index (χ4v) is 3.80. The van der Waals surface area contributed by atoms with Crippen molar-refractivity contribution in [2.24, 2.45) is 0 Å². The standard InChI is InChI=1S/C17H15ClN2O3S/c1-23-13-9-11(18)6-7-12(13)16(21)19-20-17(22)15-8-10-4-2-3-5-14(10)24-15/h2-7,9,15H,8H2,1H3,(H,19,21)(H,20,22). The maximum absolute atomic E-state index is 12.3. The van der Waals surface area contributed by atoms with Gasteiger partial charge in [-0.1, -0.05) is 29.8 Å². The Kier molecular flexibility index (Phi) is 4.97. The molecule has 2 aromatic carbocycles. The first-order valence-electron chi connectivity index (χ1n) is 7.27. The number of hydrogen-bond donors (Lipinski definition) is 2. The Morgan fingerprint density at radius 1 is 1.21 bits per heavy atom. The number of amides is 2. The lowest BCUT2D eigenvalue weighted by Crippen LogP contribution is -2.45. The van der Waals surface area contributed by atoms with Gasteiger partial charge in [0.2, 0.25) is 0 Å². The molecule has 1 aliphatic heterocycles. The largest absolute Gasteiger partial charge is 0.496 e. The Labute approximate surface area is 148 Å². The van der Waals surface area contributed by atoms with E-state index >= 15 is 0 Å². The zero-order valence-electron chi connectivity index (χ0n) is 12.8. The minimum Gasteiger partial charge on any atom is -0.496 e. The molecule has 0 bridgehead atoms. The number of carbonyl (C=O) groups excluding carboxylic acids is 2. The predicted octanol–water partition coefficient (Wildman–Crippen LogP) is 2.83. The molecule has 124 valence electrons. The van der Waals surface area contributed by atoms with Crippen molar-refractivity contribution in [3.63, 3.8) is 0 Å². The lowest BCUT2D eigenvalue weighted by molar-refractivity contribution is -0.121. The molecule has 1 heterocycles. The van der Waals surface area contributed by atoms with Crippen LogP contribution in [0.25, 0.3) is 0 Å². The van der Waals surface area contributed by atoms with E-state index in [4.69, 9.17) is 16.3 Å². The third kappa shape index (κ3) is 3.49. The van der Waals surface area contributed by atoms with E-state index in [1.807, 2.05) is 24.3 Å². The van der Waals surface area contributed by atoms with Gasteiger partial charge in [-0.05, 0) is 36.2 Å². The maximum atomic E-state index is 12.3. The molecular weight excluding hydrogens is 348 g/mol. The maximum Gasteiger partial charge on any atom is 0.273 e. The number of benzene rings is 2. The first-order chi connectivity index (χ1) is 11.6. The smallest absolute Gasteiger partial charge is 0.273 e. The fraction of sp³-hybridized carbons (Fsp3) is 0.176. The van der Waals surface area contributed by atoms with E-state index in [0.717, 1.165) is 10.5 Å². The van der Waals surface area contributed by atoms with Crippen LogP contribution in [0.1, 0.15) is 15.9 Å². The van der Waals surface area contributed by atoms with Crippen LogP contribution >= 0.6 is 23.4 Å². The summed E-state index contributed by atoms with van der Waals surface area (Å²) in [6, 6.07) is 12.6. The lowest BCUT2D eigenvalue weighted by Gasteiger charge is -2.13. The van der Waals surface area contributed by atoms with Crippen LogP contribution in [0.5, 0.6) is 5.75 Å². The van der Waals surface area contributed by atoms with Crippen LogP contribution in [-0.4, -0.2) is 24.2 Å². The van der Waals surface area contributed by atoms with Crippen LogP contribution in [0.4, 0.5) is 0 Å². The Morgan fingerprint density at radius 3 is 2.75 bits per heavy atom. The molecule has 0 aliphatic carbocycles. The monoisotopic (exact) mass is 362 g/mol. The van der Waals surface area contributed by atoms with Crippen molar-refractivity contribution >= 4 is 35.2 Å². The van der Waals surface area contributed by atoms with Crippen molar-refractivity contribution < 1.29 is 14.3 Å². The number of hydrazine groups is 1. The quantitative estimate of drug-likeness (QED) is 0.824. The fourth-order valence-electron chi connectivity index (χ4n) is 2.45. The molecule has 0 saturated heterocycles. The summed E-state index contributed by atoms with van der Waals surface area (Å²) in [7, 11) is 1.45. The highest BCUT2D eigenvalue weighted by molar-refractivity contribution is 8.01. The highest BCUT2D eigenvalue weighted by Crippen LogP contribution is 2.36. The summed E-state index contributed by atoms with van der Waals surface area (Å²) >= 11 is 7.37. The summed E-state index contributed by atoms with van der Waals surface area (Å²) in [6.45, 7) is 0. The van der Waals surface area contributed by atoms with Crippen LogP contribution in [-0.2, 0) is 11.2 Å². The number of thioether (sulfide) groups is 1. The Bertz CT molecular complexity index is 772. The number of hydrogen-bond acceptors (Lipinski definition) is 4. The highest BCUT2D eigenvalue weighted by Gasteiger charge is 2.28. The molecule has 1 aliphatic rings. The average Bonchev–Trinajstić information content (AvgIpc) is 3.03. The van der Waals surface area contributed by atoms with Gasteiger partial charge in [0.1, 0.15) is 5.75 Å². The van der Waals surface area contributed by atoms with Crippen molar-refractivity contribution in [2.45, 2.75) is 16.6 Å². The van der Waals surface area contributed by atoms with E-state index in [1.165, 1.54) is 18.9 Å². The molecule has 5 nitrogen and oxygen atoms in total. The van der Waals surface area contributed by atoms with Crippen molar-refractivity contribution in [3.05, 3.63) is 58.6 Å². The van der Waals surface area contributed by atoms with E-state index < -0.39 is 5.91 Å². The van der Waals surface area contributed by atoms with Gasteiger partial charge in [-0.3, -0.25) is 20.4 Å². The molecule has 24 heavy (non-hydrogen) atoms. The molecule has 2 aromatic rings. The average molecular weight is 363 g/mol. The van der Waals surface area contributed by atoms with E-state index in [0.29, 0.717) is 22.8 Å². The van der Waals surface area contributed by atoms with Gasteiger partial charge in [-0.25, -0.2) is 0 Å². The van der Waals surface area contributed by atoms with Crippen molar-refractivity contribution in [3.8, 4) is 5.75 Å². The summed E-state index contributed by atoms with van der Waals surface area (Å²) in [5.41, 5.74) is 6.34. The molecule has 2 amide bonds. The number of fused-ring (bicyclic) bond motifs is 1. The SMILES string of the molecule is COc1cc(Cl)ccc1C(=O)NNC(=O)C1Cc2ccccc2S1. The third-order valence-corrected chi connectivity index (χ3v) is 5.20. The Hall–Kier alpha value is -2.18. The van der Waals surface area contributed by atoms with Crippen LogP contribution in [0.3, 0.4) is 0 Å². The van der Waals surface area contributed by atoms with Gasteiger partial charge >= 0.3 is 0 Å². The van der Waals surface area contributed by atoms with E-state index in [2.05, 4.69) is 10.9 Å². The van der Waals surface area contributed by atoms with Gasteiger partial charge in [0, 0.05) is 9.92 Å². The van der Waals surface area contributed by atoms with Gasteiger partial charge in [0.25, 0.3) is 11.8 Å². The number of carbonyl (C=O) groups is 2. The number of nitrogens with one attached hydrogen (secondary N) is 2. The van der Waals surface area contributed by atoms with Crippen molar-refractivity contribution in [1.29, 1.82) is 0 Å². The molecule has 0 saturated carbocycles. The molecule has 1 unspecified atom stereocenters. The summed E-state index contributed by atoms with van der Waals surface area (Å²) in [4.78, 5) is 25.6. The second kappa shape index (κ2) is 7.15. The normalized spacial score (nSPS) is 15.5. The summed E-state index contributed by atoms with van der Waals surface area (Å²) in [5, 5.41) is 0.211. The second-order valence-corrected chi connectivity index (χ2v) is 6.89. The van der Waals surface area contributed by atoms with E-state index in [9.17, 15) is 9.59 Å². The number of rotatable bonds is 3. The zero-order valence-corrected chi connectivity index (χ0v) is 14.4. The third-order valence-electron chi connectivity index (χ3n) is 3.65. The Balaban J connectivity index is 1.60. The number of ether oxygens (including phenoxy) is 1. The van der Waals surface area contributed by atoms with Gasteiger partial charge in [0.05, 0.1) is 17.9 Å². The van der Waals surface area contributed by atoms with Gasteiger partial charge in [-0.2, -0.15) is 0 Å². The van der Waals surface area contributed by atoms with Gasteiger partial charge in [-0.15, -0.1) is 11.8 Å². The molecule has 0 radical (unpaired) electrons. The van der Waals surface area contributed by atoms with Crippen LogP contribution in [0.15, 0.2) is 47.4 Å². The second-order valence-electron chi connectivity index (χ2n) is 5.21. The van der Waals surface area contributed by atoms with E-state index in [-0.39, 0.29) is 11.2 Å². The van der Waals surface area contributed by atoms with Crippen LogP contribution in [0.2, 0.25) is 5.02 Å². The molecular formula is C17H15ClN2O3S. The zero-order chi connectivity index (χ0) is 17.1.